The van der Waals surface area contributed by atoms with Gasteiger partial charge in [0.2, 0.25) is 5.91 Å². The fraction of sp³-hybridized carbons (Fsp3) is 0.304. The second-order valence-corrected chi connectivity index (χ2v) is 7.63. The minimum Gasteiger partial charge on any atom is -0.494 e. The van der Waals surface area contributed by atoms with Crippen molar-refractivity contribution in [3.63, 3.8) is 0 Å². The first-order valence-electron chi connectivity index (χ1n) is 9.98. The average Bonchev–Trinajstić information content (AvgIpc) is 3.11. The Morgan fingerprint density at radius 2 is 1.77 bits per heavy atom. The van der Waals surface area contributed by atoms with Crippen LogP contribution in [-0.4, -0.2) is 41.4 Å². The third kappa shape index (κ3) is 6.84. The van der Waals surface area contributed by atoms with Crippen LogP contribution in [-0.2, 0) is 11.2 Å². The standard InChI is InChI=1S/C23H27N3O3S/c1-3-28-19-9-11-20(12-10-19)29-14-13-24-22(27)16-30-23-25-17(2)21(26-23)15-18-7-5-4-6-8-18/h4-12H,3,13-16H2,1-2H3,(H,24,27)(H,25,26). The molecule has 0 unspecified atom stereocenters. The summed E-state index contributed by atoms with van der Waals surface area (Å²) in [6.07, 6.45) is 0.777. The third-order valence-corrected chi connectivity index (χ3v) is 5.22. The van der Waals surface area contributed by atoms with Crippen LogP contribution < -0.4 is 14.8 Å². The number of hydrogen-bond acceptors (Lipinski definition) is 5. The average molecular weight is 426 g/mol. The Kier molecular flexibility index (Phi) is 8.20. The Labute approximate surface area is 181 Å². The molecule has 0 atom stereocenters. The van der Waals surface area contributed by atoms with E-state index < -0.39 is 0 Å². The number of amides is 1. The van der Waals surface area contributed by atoms with Crippen molar-refractivity contribution < 1.29 is 14.3 Å². The predicted molar refractivity (Wildman–Crippen MR) is 119 cm³/mol. The van der Waals surface area contributed by atoms with Crippen molar-refractivity contribution in [3.8, 4) is 11.5 Å². The largest absolute Gasteiger partial charge is 0.494 e. The molecule has 1 heterocycles. The lowest BCUT2D eigenvalue weighted by molar-refractivity contribution is -0.118. The van der Waals surface area contributed by atoms with Crippen molar-refractivity contribution in [2.75, 3.05) is 25.5 Å². The number of aryl methyl sites for hydroxylation is 1. The van der Waals surface area contributed by atoms with E-state index in [0.717, 1.165) is 34.5 Å². The molecular weight excluding hydrogens is 398 g/mol. The molecule has 0 aliphatic carbocycles. The zero-order valence-corrected chi connectivity index (χ0v) is 18.1. The van der Waals surface area contributed by atoms with Gasteiger partial charge in [-0.25, -0.2) is 4.98 Å². The van der Waals surface area contributed by atoms with Crippen LogP contribution in [0, 0.1) is 6.92 Å². The lowest BCUT2D eigenvalue weighted by Gasteiger charge is -2.08. The monoisotopic (exact) mass is 425 g/mol. The van der Waals surface area contributed by atoms with Crippen LogP contribution in [0.15, 0.2) is 59.8 Å². The molecular formula is C23H27N3O3S. The van der Waals surface area contributed by atoms with E-state index in [-0.39, 0.29) is 5.91 Å². The van der Waals surface area contributed by atoms with Crippen LogP contribution >= 0.6 is 11.8 Å². The first-order valence-corrected chi connectivity index (χ1v) is 11.0. The first kappa shape index (κ1) is 21.8. The number of aromatic amines is 1. The SMILES string of the molecule is CCOc1ccc(OCCNC(=O)CSc2nc(Cc3ccccc3)c(C)[nH]2)cc1. The number of benzene rings is 2. The molecule has 0 saturated carbocycles. The van der Waals surface area contributed by atoms with Gasteiger partial charge in [0.25, 0.3) is 0 Å². The van der Waals surface area contributed by atoms with Gasteiger partial charge in [-0.2, -0.15) is 0 Å². The topological polar surface area (TPSA) is 76.2 Å². The maximum atomic E-state index is 12.1. The number of carbonyl (C=O) groups excluding carboxylic acids is 1. The Hall–Kier alpha value is -2.93. The summed E-state index contributed by atoms with van der Waals surface area (Å²) in [7, 11) is 0. The van der Waals surface area contributed by atoms with Crippen LogP contribution in [0.2, 0.25) is 0 Å². The molecule has 0 fully saturated rings. The van der Waals surface area contributed by atoms with Gasteiger partial charge < -0.3 is 19.8 Å². The minimum atomic E-state index is -0.0473. The number of H-pyrrole nitrogens is 1. The Balaban J connectivity index is 1.36. The van der Waals surface area contributed by atoms with Crippen LogP contribution in [0.25, 0.3) is 0 Å². The van der Waals surface area contributed by atoms with E-state index in [1.807, 2.05) is 56.3 Å². The highest BCUT2D eigenvalue weighted by Crippen LogP contribution is 2.19. The highest BCUT2D eigenvalue weighted by molar-refractivity contribution is 7.99. The first-order chi connectivity index (χ1) is 14.6. The van der Waals surface area contributed by atoms with E-state index in [1.54, 1.807) is 0 Å². The summed E-state index contributed by atoms with van der Waals surface area (Å²) in [5, 5.41) is 3.63. The molecule has 0 bridgehead atoms. The Morgan fingerprint density at radius 3 is 2.47 bits per heavy atom. The molecule has 2 aromatic carbocycles. The summed E-state index contributed by atoms with van der Waals surface area (Å²) >= 11 is 1.40. The quantitative estimate of drug-likeness (QED) is 0.359. The molecule has 7 heteroatoms. The fourth-order valence-electron chi connectivity index (χ4n) is 2.84. The number of rotatable bonds is 11. The molecule has 0 saturated heterocycles. The Morgan fingerprint density at radius 1 is 1.07 bits per heavy atom. The number of thioether (sulfide) groups is 1. The van der Waals surface area contributed by atoms with Gasteiger partial charge in [-0.3, -0.25) is 4.79 Å². The van der Waals surface area contributed by atoms with E-state index in [2.05, 4.69) is 27.4 Å². The predicted octanol–water partition coefficient (Wildman–Crippen LogP) is 3.99. The van der Waals surface area contributed by atoms with E-state index in [1.165, 1.54) is 17.3 Å². The van der Waals surface area contributed by atoms with Crippen LogP contribution in [0.4, 0.5) is 0 Å². The van der Waals surface area contributed by atoms with Crippen LogP contribution in [0.1, 0.15) is 23.9 Å². The number of hydrogen-bond donors (Lipinski definition) is 2. The summed E-state index contributed by atoms with van der Waals surface area (Å²) in [5.41, 5.74) is 3.26. The molecule has 3 aromatic rings. The third-order valence-electron chi connectivity index (χ3n) is 4.35. The van der Waals surface area contributed by atoms with Gasteiger partial charge in [0, 0.05) is 12.1 Å². The summed E-state index contributed by atoms with van der Waals surface area (Å²) in [6, 6.07) is 17.7. The molecule has 0 aliphatic rings. The van der Waals surface area contributed by atoms with Gasteiger partial charge in [-0.15, -0.1) is 0 Å². The molecule has 30 heavy (non-hydrogen) atoms. The zero-order valence-electron chi connectivity index (χ0n) is 17.3. The van der Waals surface area contributed by atoms with Gasteiger partial charge in [0.1, 0.15) is 18.1 Å². The normalized spacial score (nSPS) is 10.6. The Bertz CT molecular complexity index is 927. The second kappa shape index (κ2) is 11.3. The van der Waals surface area contributed by atoms with E-state index in [0.29, 0.717) is 25.5 Å². The van der Waals surface area contributed by atoms with Crippen LogP contribution in [0.5, 0.6) is 11.5 Å². The number of nitrogens with zero attached hydrogens (tertiary/aromatic N) is 1. The molecule has 1 aromatic heterocycles. The number of carbonyl (C=O) groups is 1. The van der Waals surface area contributed by atoms with Crippen molar-refractivity contribution in [2.24, 2.45) is 0 Å². The van der Waals surface area contributed by atoms with Gasteiger partial charge >= 0.3 is 0 Å². The molecule has 158 valence electrons. The summed E-state index contributed by atoms with van der Waals surface area (Å²) in [6.45, 7) is 5.44. The van der Waals surface area contributed by atoms with E-state index in [4.69, 9.17) is 9.47 Å². The number of aromatic nitrogens is 2. The number of imidazole rings is 1. The van der Waals surface area contributed by atoms with Gasteiger partial charge in [-0.1, -0.05) is 42.1 Å². The van der Waals surface area contributed by atoms with Crippen molar-refractivity contribution in [1.82, 2.24) is 15.3 Å². The number of ether oxygens (including phenoxy) is 2. The molecule has 0 spiro atoms. The van der Waals surface area contributed by atoms with Crippen molar-refractivity contribution >= 4 is 17.7 Å². The maximum absolute atomic E-state index is 12.1. The summed E-state index contributed by atoms with van der Waals surface area (Å²) in [5.74, 6) is 1.82. The van der Waals surface area contributed by atoms with E-state index >= 15 is 0 Å². The lowest BCUT2D eigenvalue weighted by Crippen LogP contribution is -2.29. The summed E-state index contributed by atoms with van der Waals surface area (Å²) in [4.78, 5) is 20.0. The molecule has 3 rings (SSSR count). The minimum absolute atomic E-state index is 0.0473. The second-order valence-electron chi connectivity index (χ2n) is 6.67. The molecule has 0 radical (unpaired) electrons. The van der Waals surface area contributed by atoms with Gasteiger partial charge in [0.05, 0.1) is 24.6 Å². The highest BCUT2D eigenvalue weighted by Gasteiger charge is 2.10. The van der Waals surface area contributed by atoms with Crippen molar-refractivity contribution in [1.29, 1.82) is 0 Å². The molecule has 6 nitrogen and oxygen atoms in total. The van der Waals surface area contributed by atoms with Crippen molar-refractivity contribution in [2.45, 2.75) is 25.4 Å². The molecule has 0 aliphatic heterocycles. The van der Waals surface area contributed by atoms with Gasteiger partial charge in [-0.05, 0) is 43.7 Å². The van der Waals surface area contributed by atoms with Crippen LogP contribution in [0.3, 0.4) is 0 Å². The maximum Gasteiger partial charge on any atom is 0.230 e. The molecule has 2 N–H and O–H groups in total. The lowest BCUT2D eigenvalue weighted by atomic mass is 10.1. The van der Waals surface area contributed by atoms with E-state index in [9.17, 15) is 4.79 Å². The highest BCUT2D eigenvalue weighted by atomic mass is 32.2. The smallest absolute Gasteiger partial charge is 0.230 e. The van der Waals surface area contributed by atoms with Crippen molar-refractivity contribution in [3.05, 3.63) is 71.5 Å². The fourth-order valence-corrected chi connectivity index (χ4v) is 3.61. The summed E-state index contributed by atoms with van der Waals surface area (Å²) < 4.78 is 11.0. The molecule has 1 amide bonds. The zero-order chi connectivity index (χ0) is 21.2. The number of nitrogens with one attached hydrogen (secondary N) is 2. The van der Waals surface area contributed by atoms with Gasteiger partial charge in [0.15, 0.2) is 5.16 Å².